The van der Waals surface area contributed by atoms with Gasteiger partial charge in [-0.1, -0.05) is 25.0 Å². The van der Waals surface area contributed by atoms with E-state index in [-0.39, 0.29) is 30.5 Å². The Kier molecular flexibility index (Phi) is 6.21. The molecule has 2 aliphatic rings. The molecule has 24 heavy (non-hydrogen) atoms. The summed E-state index contributed by atoms with van der Waals surface area (Å²) in [5.41, 5.74) is 0.968. The molecule has 0 aromatic heterocycles. The fraction of sp³-hybridized carbons (Fsp3) is 0.632. The molecule has 132 valence electrons. The van der Waals surface area contributed by atoms with E-state index in [4.69, 9.17) is 9.47 Å². The number of nitrogens with one attached hydrogen (secondary N) is 1. The standard InChI is InChI=1S/C19H26FNO3/c20-16-9-7-15(8-10-16)19(14-4-1-2-5-14)21-18(22)13-23-12-17-6-3-11-24-17/h7-10,14,17,19H,1-6,11-13H2,(H,21,22). The van der Waals surface area contributed by atoms with Crippen molar-refractivity contribution < 1.29 is 18.7 Å². The van der Waals surface area contributed by atoms with Crippen LogP contribution in [0.25, 0.3) is 0 Å². The van der Waals surface area contributed by atoms with Crippen LogP contribution in [-0.2, 0) is 14.3 Å². The monoisotopic (exact) mass is 335 g/mol. The molecule has 1 heterocycles. The molecule has 1 aliphatic heterocycles. The maximum absolute atomic E-state index is 13.2. The topological polar surface area (TPSA) is 47.6 Å². The number of halogens is 1. The summed E-state index contributed by atoms with van der Waals surface area (Å²) in [6.07, 6.45) is 6.76. The van der Waals surface area contributed by atoms with Crippen LogP contribution < -0.4 is 5.32 Å². The summed E-state index contributed by atoms with van der Waals surface area (Å²) in [7, 11) is 0. The molecule has 1 aromatic carbocycles. The molecule has 1 amide bonds. The minimum Gasteiger partial charge on any atom is -0.376 e. The first-order chi connectivity index (χ1) is 11.7. The summed E-state index contributed by atoms with van der Waals surface area (Å²) in [5.74, 6) is 0.0435. The van der Waals surface area contributed by atoms with E-state index in [1.165, 1.54) is 25.0 Å². The van der Waals surface area contributed by atoms with E-state index in [2.05, 4.69) is 5.32 Å². The summed E-state index contributed by atoms with van der Waals surface area (Å²) in [6, 6.07) is 6.39. The van der Waals surface area contributed by atoms with Gasteiger partial charge in [-0.2, -0.15) is 0 Å². The molecule has 4 nitrogen and oxygen atoms in total. The SMILES string of the molecule is O=C(COCC1CCCO1)NC(c1ccc(F)cc1)C1CCCC1. The zero-order chi connectivity index (χ0) is 16.8. The lowest BCUT2D eigenvalue weighted by atomic mass is 9.91. The van der Waals surface area contributed by atoms with Gasteiger partial charge in [-0.3, -0.25) is 4.79 Å². The van der Waals surface area contributed by atoms with Crippen molar-refractivity contribution in [2.24, 2.45) is 5.92 Å². The van der Waals surface area contributed by atoms with Gasteiger partial charge in [0, 0.05) is 6.61 Å². The smallest absolute Gasteiger partial charge is 0.246 e. The van der Waals surface area contributed by atoms with Crippen molar-refractivity contribution in [3.63, 3.8) is 0 Å². The molecular weight excluding hydrogens is 309 g/mol. The van der Waals surface area contributed by atoms with Crippen molar-refractivity contribution in [1.82, 2.24) is 5.32 Å². The highest BCUT2D eigenvalue weighted by Crippen LogP contribution is 2.35. The summed E-state index contributed by atoms with van der Waals surface area (Å²) in [4.78, 5) is 12.3. The van der Waals surface area contributed by atoms with E-state index >= 15 is 0 Å². The van der Waals surface area contributed by atoms with Crippen LogP contribution in [0.2, 0.25) is 0 Å². The van der Waals surface area contributed by atoms with Crippen molar-refractivity contribution >= 4 is 5.91 Å². The van der Waals surface area contributed by atoms with Crippen LogP contribution in [0.15, 0.2) is 24.3 Å². The van der Waals surface area contributed by atoms with E-state index in [0.29, 0.717) is 12.5 Å². The molecule has 1 N–H and O–H groups in total. The Hall–Kier alpha value is -1.46. The highest BCUT2D eigenvalue weighted by molar-refractivity contribution is 5.77. The van der Waals surface area contributed by atoms with E-state index < -0.39 is 0 Å². The second-order valence-electron chi connectivity index (χ2n) is 6.79. The van der Waals surface area contributed by atoms with Crippen LogP contribution in [0, 0.1) is 11.7 Å². The van der Waals surface area contributed by atoms with Crippen LogP contribution in [0.4, 0.5) is 4.39 Å². The molecule has 2 fully saturated rings. The van der Waals surface area contributed by atoms with Crippen LogP contribution in [-0.4, -0.2) is 31.8 Å². The third-order valence-electron chi connectivity index (χ3n) is 4.98. The molecule has 0 spiro atoms. The summed E-state index contributed by atoms with van der Waals surface area (Å²) in [5, 5.41) is 3.09. The first-order valence-corrected chi connectivity index (χ1v) is 8.96. The summed E-state index contributed by atoms with van der Waals surface area (Å²) in [6.45, 7) is 1.30. The maximum atomic E-state index is 13.2. The van der Waals surface area contributed by atoms with Crippen molar-refractivity contribution in [2.75, 3.05) is 19.8 Å². The predicted molar refractivity (Wildman–Crippen MR) is 89.0 cm³/mol. The molecule has 0 bridgehead atoms. The van der Waals surface area contributed by atoms with Crippen LogP contribution in [0.5, 0.6) is 0 Å². The van der Waals surface area contributed by atoms with Crippen molar-refractivity contribution in [3.8, 4) is 0 Å². The quantitative estimate of drug-likeness (QED) is 0.831. The average molecular weight is 335 g/mol. The zero-order valence-corrected chi connectivity index (χ0v) is 14.0. The second kappa shape index (κ2) is 8.58. The minimum absolute atomic E-state index is 0.0459. The summed E-state index contributed by atoms with van der Waals surface area (Å²) >= 11 is 0. The van der Waals surface area contributed by atoms with Gasteiger partial charge in [-0.05, 0) is 49.3 Å². The molecule has 1 saturated heterocycles. The Morgan fingerprint density at radius 3 is 2.62 bits per heavy atom. The van der Waals surface area contributed by atoms with Crippen LogP contribution in [0.1, 0.15) is 50.1 Å². The number of amides is 1. The average Bonchev–Trinajstić information content (AvgIpc) is 3.27. The molecule has 1 aliphatic carbocycles. The Bertz CT molecular complexity index is 522. The lowest BCUT2D eigenvalue weighted by molar-refractivity contribution is -0.128. The Morgan fingerprint density at radius 2 is 1.96 bits per heavy atom. The van der Waals surface area contributed by atoms with Gasteiger partial charge < -0.3 is 14.8 Å². The van der Waals surface area contributed by atoms with Gasteiger partial charge in [-0.15, -0.1) is 0 Å². The third kappa shape index (κ3) is 4.77. The highest BCUT2D eigenvalue weighted by Gasteiger charge is 2.28. The maximum Gasteiger partial charge on any atom is 0.246 e. The van der Waals surface area contributed by atoms with Crippen molar-refractivity contribution in [3.05, 3.63) is 35.6 Å². The number of carbonyl (C=O) groups is 1. The molecule has 2 atom stereocenters. The molecule has 1 saturated carbocycles. The first kappa shape index (κ1) is 17.4. The number of rotatable bonds is 7. The van der Waals surface area contributed by atoms with E-state index in [1.54, 1.807) is 12.1 Å². The fourth-order valence-electron chi connectivity index (χ4n) is 3.71. The first-order valence-electron chi connectivity index (χ1n) is 8.96. The van der Waals surface area contributed by atoms with Crippen molar-refractivity contribution in [2.45, 2.75) is 50.7 Å². The van der Waals surface area contributed by atoms with Gasteiger partial charge in [0.25, 0.3) is 0 Å². The van der Waals surface area contributed by atoms with Gasteiger partial charge in [0.1, 0.15) is 12.4 Å². The van der Waals surface area contributed by atoms with E-state index in [9.17, 15) is 9.18 Å². The van der Waals surface area contributed by atoms with Gasteiger partial charge in [-0.25, -0.2) is 4.39 Å². The third-order valence-corrected chi connectivity index (χ3v) is 4.98. The molecule has 1 aromatic rings. The summed E-state index contributed by atoms with van der Waals surface area (Å²) < 4.78 is 24.2. The Morgan fingerprint density at radius 1 is 1.21 bits per heavy atom. The lowest BCUT2D eigenvalue weighted by Crippen LogP contribution is -2.35. The van der Waals surface area contributed by atoms with Crippen LogP contribution in [0.3, 0.4) is 0 Å². The van der Waals surface area contributed by atoms with Crippen LogP contribution >= 0.6 is 0 Å². The molecule has 5 heteroatoms. The van der Waals surface area contributed by atoms with Gasteiger partial charge in [0.2, 0.25) is 5.91 Å². The largest absolute Gasteiger partial charge is 0.376 e. The number of benzene rings is 1. The Balaban J connectivity index is 1.54. The normalized spacial score (nSPS) is 22.6. The molecule has 3 rings (SSSR count). The number of carbonyl (C=O) groups excluding carboxylic acids is 1. The lowest BCUT2D eigenvalue weighted by Gasteiger charge is -2.25. The van der Waals surface area contributed by atoms with Crippen molar-refractivity contribution in [1.29, 1.82) is 0 Å². The number of hydrogen-bond acceptors (Lipinski definition) is 3. The van der Waals surface area contributed by atoms with Gasteiger partial charge in [0.05, 0.1) is 18.8 Å². The Labute approximate surface area is 142 Å². The molecule has 0 radical (unpaired) electrons. The predicted octanol–water partition coefficient (Wildman–Crippen LogP) is 3.37. The fourth-order valence-corrected chi connectivity index (χ4v) is 3.71. The second-order valence-corrected chi connectivity index (χ2v) is 6.79. The van der Waals surface area contributed by atoms with E-state index in [0.717, 1.165) is 37.9 Å². The molecular formula is C19H26FNO3. The minimum atomic E-state index is -0.254. The number of hydrogen-bond donors (Lipinski definition) is 1. The van der Waals surface area contributed by atoms with Gasteiger partial charge in [0.15, 0.2) is 0 Å². The number of ether oxygens (including phenoxy) is 2. The highest BCUT2D eigenvalue weighted by atomic mass is 19.1. The zero-order valence-electron chi connectivity index (χ0n) is 14.0. The molecule has 2 unspecified atom stereocenters. The van der Waals surface area contributed by atoms with E-state index in [1.807, 2.05) is 0 Å². The van der Waals surface area contributed by atoms with Gasteiger partial charge >= 0.3 is 0 Å².